The van der Waals surface area contributed by atoms with Gasteiger partial charge in [-0.15, -0.1) is 0 Å². The SMILES string of the molecule is COC(=O)C1CCCC(c2ccc(F)c(F)c2)N1. The van der Waals surface area contributed by atoms with Crippen molar-refractivity contribution in [3.05, 3.63) is 35.4 Å². The number of nitrogens with one attached hydrogen (secondary N) is 1. The summed E-state index contributed by atoms with van der Waals surface area (Å²) in [5, 5.41) is 3.10. The zero-order chi connectivity index (χ0) is 13.1. The van der Waals surface area contributed by atoms with Crippen LogP contribution in [0.5, 0.6) is 0 Å². The maximum atomic E-state index is 13.2. The van der Waals surface area contributed by atoms with E-state index >= 15 is 0 Å². The van der Waals surface area contributed by atoms with Crippen molar-refractivity contribution in [3.8, 4) is 0 Å². The Labute approximate surface area is 104 Å². The van der Waals surface area contributed by atoms with Gasteiger partial charge in [0.2, 0.25) is 0 Å². The quantitative estimate of drug-likeness (QED) is 0.824. The van der Waals surface area contributed by atoms with Crippen LogP contribution in [0.1, 0.15) is 30.9 Å². The third-order valence-electron chi connectivity index (χ3n) is 3.22. The number of hydrogen-bond acceptors (Lipinski definition) is 3. The van der Waals surface area contributed by atoms with Crippen LogP contribution in [0.2, 0.25) is 0 Å². The Morgan fingerprint density at radius 2 is 2.11 bits per heavy atom. The monoisotopic (exact) mass is 255 g/mol. The van der Waals surface area contributed by atoms with E-state index < -0.39 is 11.6 Å². The number of esters is 1. The van der Waals surface area contributed by atoms with Crippen molar-refractivity contribution in [1.82, 2.24) is 5.32 Å². The minimum absolute atomic E-state index is 0.141. The third-order valence-corrected chi connectivity index (χ3v) is 3.22. The fourth-order valence-corrected chi connectivity index (χ4v) is 2.26. The van der Waals surface area contributed by atoms with E-state index in [1.165, 1.54) is 19.2 Å². The summed E-state index contributed by atoms with van der Waals surface area (Å²) in [6.45, 7) is 0. The molecule has 2 unspecified atom stereocenters. The number of rotatable bonds is 2. The van der Waals surface area contributed by atoms with Crippen LogP contribution in [-0.2, 0) is 9.53 Å². The van der Waals surface area contributed by atoms with Crippen molar-refractivity contribution in [1.29, 1.82) is 0 Å². The van der Waals surface area contributed by atoms with E-state index in [1.54, 1.807) is 0 Å². The van der Waals surface area contributed by atoms with Crippen LogP contribution in [0.3, 0.4) is 0 Å². The highest BCUT2D eigenvalue weighted by molar-refractivity contribution is 5.75. The number of ether oxygens (including phenoxy) is 1. The van der Waals surface area contributed by atoms with Gasteiger partial charge < -0.3 is 4.74 Å². The summed E-state index contributed by atoms with van der Waals surface area (Å²) >= 11 is 0. The van der Waals surface area contributed by atoms with Gasteiger partial charge in [0.15, 0.2) is 11.6 Å². The summed E-state index contributed by atoms with van der Waals surface area (Å²) in [4.78, 5) is 11.4. The highest BCUT2D eigenvalue weighted by atomic mass is 19.2. The topological polar surface area (TPSA) is 38.3 Å². The van der Waals surface area contributed by atoms with E-state index in [4.69, 9.17) is 0 Å². The molecular weight excluding hydrogens is 240 g/mol. The van der Waals surface area contributed by atoms with Gasteiger partial charge in [-0.25, -0.2) is 8.78 Å². The van der Waals surface area contributed by atoms with Gasteiger partial charge in [0.05, 0.1) is 7.11 Å². The summed E-state index contributed by atoms with van der Waals surface area (Å²) in [7, 11) is 1.34. The Balaban J connectivity index is 2.13. The van der Waals surface area contributed by atoms with Gasteiger partial charge in [0, 0.05) is 6.04 Å². The van der Waals surface area contributed by atoms with Crippen molar-refractivity contribution in [2.75, 3.05) is 7.11 Å². The van der Waals surface area contributed by atoms with E-state index in [9.17, 15) is 13.6 Å². The fraction of sp³-hybridized carbons (Fsp3) is 0.462. The van der Waals surface area contributed by atoms with Crippen LogP contribution in [-0.4, -0.2) is 19.1 Å². The maximum Gasteiger partial charge on any atom is 0.322 e. The van der Waals surface area contributed by atoms with E-state index in [0.717, 1.165) is 18.9 Å². The highest BCUT2D eigenvalue weighted by Gasteiger charge is 2.28. The van der Waals surface area contributed by atoms with E-state index in [2.05, 4.69) is 10.1 Å². The molecule has 1 fully saturated rings. The zero-order valence-corrected chi connectivity index (χ0v) is 10.1. The second kappa shape index (κ2) is 5.44. The number of carbonyl (C=O) groups excluding carboxylic acids is 1. The molecule has 0 amide bonds. The lowest BCUT2D eigenvalue weighted by Crippen LogP contribution is -2.43. The number of hydrogen-bond donors (Lipinski definition) is 1. The smallest absolute Gasteiger partial charge is 0.322 e. The van der Waals surface area contributed by atoms with Crippen molar-refractivity contribution in [3.63, 3.8) is 0 Å². The Kier molecular flexibility index (Phi) is 3.91. The molecule has 0 saturated carbocycles. The van der Waals surface area contributed by atoms with E-state index in [1.807, 2.05) is 0 Å². The molecule has 1 aliphatic rings. The van der Waals surface area contributed by atoms with Gasteiger partial charge in [-0.05, 0) is 37.0 Å². The molecule has 2 atom stereocenters. The van der Waals surface area contributed by atoms with Crippen LogP contribution >= 0.6 is 0 Å². The second-order valence-electron chi connectivity index (χ2n) is 4.40. The predicted octanol–water partition coefficient (Wildman–Crippen LogP) is 2.32. The van der Waals surface area contributed by atoms with Crippen LogP contribution in [0.15, 0.2) is 18.2 Å². The standard InChI is InChI=1S/C13H15F2NO2/c1-18-13(17)12-4-2-3-11(16-12)8-5-6-9(14)10(15)7-8/h5-7,11-12,16H,2-4H2,1H3. The molecular formula is C13H15F2NO2. The molecule has 1 heterocycles. The normalized spacial score (nSPS) is 23.7. The minimum Gasteiger partial charge on any atom is -0.468 e. The molecule has 1 aromatic carbocycles. The highest BCUT2D eigenvalue weighted by Crippen LogP contribution is 2.26. The van der Waals surface area contributed by atoms with Gasteiger partial charge in [-0.2, -0.15) is 0 Å². The molecule has 0 spiro atoms. The summed E-state index contributed by atoms with van der Waals surface area (Å²) in [5.74, 6) is -2.05. The first-order chi connectivity index (χ1) is 8.61. The fourth-order valence-electron chi connectivity index (χ4n) is 2.26. The second-order valence-corrected chi connectivity index (χ2v) is 4.40. The first-order valence-electron chi connectivity index (χ1n) is 5.90. The summed E-state index contributed by atoms with van der Waals surface area (Å²) in [6.07, 6.45) is 2.34. The first-order valence-corrected chi connectivity index (χ1v) is 5.90. The zero-order valence-electron chi connectivity index (χ0n) is 10.1. The molecule has 98 valence electrons. The largest absolute Gasteiger partial charge is 0.468 e. The Hall–Kier alpha value is -1.49. The number of benzene rings is 1. The van der Waals surface area contributed by atoms with Crippen molar-refractivity contribution < 1.29 is 18.3 Å². The van der Waals surface area contributed by atoms with Crippen LogP contribution < -0.4 is 5.32 Å². The summed E-state index contributed by atoms with van der Waals surface area (Å²) < 4.78 is 30.7. The maximum absolute atomic E-state index is 13.2. The molecule has 0 bridgehead atoms. The van der Waals surface area contributed by atoms with Crippen LogP contribution in [0.4, 0.5) is 8.78 Å². The number of methoxy groups -OCH3 is 1. The van der Waals surface area contributed by atoms with Crippen molar-refractivity contribution >= 4 is 5.97 Å². The Morgan fingerprint density at radius 3 is 2.78 bits per heavy atom. The Bertz CT molecular complexity index is 451. The number of piperidine rings is 1. The predicted molar refractivity (Wildman–Crippen MR) is 61.9 cm³/mol. The molecule has 0 aliphatic carbocycles. The van der Waals surface area contributed by atoms with Gasteiger partial charge in [-0.1, -0.05) is 6.07 Å². The molecule has 1 saturated heterocycles. The third kappa shape index (κ3) is 2.67. The summed E-state index contributed by atoms with van der Waals surface area (Å²) in [5.41, 5.74) is 0.655. The molecule has 5 heteroatoms. The van der Waals surface area contributed by atoms with E-state index in [-0.39, 0.29) is 18.1 Å². The van der Waals surface area contributed by atoms with Crippen LogP contribution in [0, 0.1) is 11.6 Å². The lowest BCUT2D eigenvalue weighted by atomic mass is 9.93. The number of carbonyl (C=O) groups is 1. The van der Waals surface area contributed by atoms with Gasteiger partial charge in [0.25, 0.3) is 0 Å². The van der Waals surface area contributed by atoms with Crippen molar-refractivity contribution in [2.45, 2.75) is 31.3 Å². The molecule has 2 rings (SSSR count). The molecule has 0 radical (unpaired) electrons. The van der Waals surface area contributed by atoms with Gasteiger partial charge in [-0.3, -0.25) is 10.1 Å². The van der Waals surface area contributed by atoms with Crippen molar-refractivity contribution in [2.24, 2.45) is 0 Å². The molecule has 0 aromatic heterocycles. The lowest BCUT2D eigenvalue weighted by molar-refractivity contribution is -0.144. The molecule has 1 N–H and O–H groups in total. The summed E-state index contributed by atoms with van der Waals surface area (Å²) in [6, 6.07) is 3.30. The Morgan fingerprint density at radius 1 is 1.33 bits per heavy atom. The van der Waals surface area contributed by atoms with E-state index in [0.29, 0.717) is 12.0 Å². The molecule has 1 aliphatic heterocycles. The number of halogens is 2. The average molecular weight is 255 g/mol. The van der Waals surface area contributed by atoms with Gasteiger partial charge >= 0.3 is 5.97 Å². The van der Waals surface area contributed by atoms with Gasteiger partial charge in [0.1, 0.15) is 6.04 Å². The average Bonchev–Trinajstić information content (AvgIpc) is 2.41. The molecule has 1 aromatic rings. The minimum atomic E-state index is -0.866. The first kappa shape index (κ1) is 13.0. The lowest BCUT2D eigenvalue weighted by Gasteiger charge is -2.29. The molecule has 3 nitrogen and oxygen atoms in total. The molecule has 18 heavy (non-hydrogen) atoms. The van der Waals surface area contributed by atoms with Crippen LogP contribution in [0.25, 0.3) is 0 Å².